The summed E-state index contributed by atoms with van der Waals surface area (Å²) in [6, 6.07) is 11.9. The van der Waals surface area contributed by atoms with Crippen molar-refractivity contribution in [2.45, 2.75) is 20.1 Å². The standard InChI is InChI=1S/C20H26N3O2/c1-15-17(13-23(2,3)4)22-12-8-11-19(20(22)21-15)25-14-16-9-6-7-10-18(16)24-5/h6-12H,13-14H2,1-5H3/q+1. The van der Waals surface area contributed by atoms with Gasteiger partial charge in [0.15, 0.2) is 11.4 Å². The number of pyridine rings is 1. The molecule has 0 saturated carbocycles. The van der Waals surface area contributed by atoms with Crippen LogP contribution in [0.4, 0.5) is 0 Å². The summed E-state index contributed by atoms with van der Waals surface area (Å²) in [5, 5.41) is 0. The Labute approximate surface area is 149 Å². The highest BCUT2D eigenvalue weighted by Crippen LogP contribution is 2.25. The number of hydrogen-bond donors (Lipinski definition) is 0. The quantitative estimate of drug-likeness (QED) is 0.645. The number of aromatic nitrogens is 2. The average Bonchev–Trinajstić information content (AvgIpc) is 2.88. The van der Waals surface area contributed by atoms with Crippen LogP contribution >= 0.6 is 0 Å². The van der Waals surface area contributed by atoms with E-state index in [0.717, 1.165) is 39.4 Å². The second-order valence-electron chi connectivity index (χ2n) is 7.26. The van der Waals surface area contributed by atoms with Gasteiger partial charge in [0.25, 0.3) is 0 Å². The molecule has 0 spiro atoms. The molecule has 2 aromatic heterocycles. The lowest BCUT2D eigenvalue weighted by atomic mass is 10.2. The van der Waals surface area contributed by atoms with Crippen molar-refractivity contribution in [3.8, 4) is 11.5 Å². The first kappa shape index (κ1) is 17.3. The van der Waals surface area contributed by atoms with Crippen molar-refractivity contribution >= 4 is 5.65 Å². The average molecular weight is 340 g/mol. The molecular formula is C20H26N3O2+. The molecule has 0 atom stereocenters. The summed E-state index contributed by atoms with van der Waals surface area (Å²) in [5.41, 5.74) is 4.13. The Morgan fingerprint density at radius 2 is 1.76 bits per heavy atom. The summed E-state index contributed by atoms with van der Waals surface area (Å²) in [5.74, 6) is 1.61. The third kappa shape index (κ3) is 3.77. The number of imidazole rings is 1. The molecule has 2 heterocycles. The molecule has 0 unspecified atom stereocenters. The van der Waals surface area contributed by atoms with Gasteiger partial charge in [0.05, 0.1) is 33.9 Å². The van der Waals surface area contributed by atoms with Gasteiger partial charge in [0.1, 0.15) is 24.6 Å². The SMILES string of the molecule is COc1ccccc1COc1cccn2c(C[N+](C)(C)C)c(C)nc12. The number of aryl methyl sites for hydroxylation is 1. The molecule has 0 saturated heterocycles. The van der Waals surface area contributed by atoms with E-state index in [1.165, 1.54) is 5.69 Å². The van der Waals surface area contributed by atoms with Crippen molar-refractivity contribution in [3.05, 3.63) is 59.5 Å². The number of nitrogens with zero attached hydrogens (tertiary/aromatic N) is 3. The van der Waals surface area contributed by atoms with Crippen LogP contribution in [0.5, 0.6) is 11.5 Å². The minimum atomic E-state index is 0.445. The van der Waals surface area contributed by atoms with Gasteiger partial charge >= 0.3 is 0 Å². The Kier molecular flexibility index (Phi) is 4.68. The second kappa shape index (κ2) is 6.76. The number of para-hydroxylation sites is 1. The molecule has 0 aliphatic rings. The molecule has 3 rings (SSSR count). The first-order chi connectivity index (χ1) is 11.9. The lowest BCUT2D eigenvalue weighted by Crippen LogP contribution is -2.34. The van der Waals surface area contributed by atoms with E-state index < -0.39 is 0 Å². The Morgan fingerprint density at radius 3 is 2.48 bits per heavy atom. The van der Waals surface area contributed by atoms with Gasteiger partial charge in [-0.05, 0) is 25.1 Å². The fourth-order valence-corrected chi connectivity index (χ4v) is 2.94. The molecule has 0 amide bonds. The maximum Gasteiger partial charge on any atom is 0.180 e. The highest BCUT2D eigenvalue weighted by atomic mass is 16.5. The van der Waals surface area contributed by atoms with Crippen LogP contribution in [-0.2, 0) is 13.2 Å². The normalized spacial score (nSPS) is 11.7. The zero-order chi connectivity index (χ0) is 18.0. The monoisotopic (exact) mass is 340 g/mol. The van der Waals surface area contributed by atoms with Gasteiger partial charge in [-0.15, -0.1) is 0 Å². The molecule has 5 heteroatoms. The van der Waals surface area contributed by atoms with E-state index in [-0.39, 0.29) is 0 Å². The highest BCUT2D eigenvalue weighted by molar-refractivity contribution is 5.56. The second-order valence-corrected chi connectivity index (χ2v) is 7.26. The summed E-state index contributed by atoms with van der Waals surface area (Å²) in [6.07, 6.45) is 2.05. The molecule has 3 aromatic rings. The fraction of sp³-hybridized carbons (Fsp3) is 0.350. The van der Waals surface area contributed by atoms with Crippen LogP contribution in [-0.4, -0.2) is 42.1 Å². The van der Waals surface area contributed by atoms with Crippen LogP contribution in [0.2, 0.25) is 0 Å². The van der Waals surface area contributed by atoms with Gasteiger partial charge in [0.2, 0.25) is 0 Å². The Bertz CT molecular complexity index is 878. The topological polar surface area (TPSA) is 35.8 Å². The molecule has 0 radical (unpaired) electrons. The number of ether oxygens (including phenoxy) is 2. The lowest BCUT2D eigenvalue weighted by molar-refractivity contribution is -0.884. The van der Waals surface area contributed by atoms with E-state index >= 15 is 0 Å². The van der Waals surface area contributed by atoms with Gasteiger partial charge in [-0.2, -0.15) is 0 Å². The number of methoxy groups -OCH3 is 1. The number of benzene rings is 1. The van der Waals surface area contributed by atoms with Crippen molar-refractivity contribution in [1.82, 2.24) is 9.38 Å². The zero-order valence-electron chi connectivity index (χ0n) is 15.6. The predicted molar refractivity (Wildman–Crippen MR) is 99.0 cm³/mol. The molecule has 0 N–H and O–H groups in total. The molecule has 132 valence electrons. The number of hydrogen-bond acceptors (Lipinski definition) is 3. The Hall–Kier alpha value is -2.53. The zero-order valence-corrected chi connectivity index (χ0v) is 15.6. The number of fused-ring (bicyclic) bond motifs is 1. The van der Waals surface area contributed by atoms with E-state index in [1.807, 2.05) is 36.4 Å². The van der Waals surface area contributed by atoms with Crippen molar-refractivity contribution in [2.24, 2.45) is 0 Å². The molecule has 0 fully saturated rings. The van der Waals surface area contributed by atoms with Crippen molar-refractivity contribution in [1.29, 1.82) is 0 Å². The van der Waals surface area contributed by atoms with Crippen molar-refractivity contribution in [3.63, 3.8) is 0 Å². The van der Waals surface area contributed by atoms with Gasteiger partial charge < -0.3 is 14.0 Å². The summed E-state index contributed by atoms with van der Waals surface area (Å²) in [7, 11) is 8.22. The van der Waals surface area contributed by atoms with Crippen LogP contribution in [0.3, 0.4) is 0 Å². The van der Waals surface area contributed by atoms with Gasteiger partial charge in [-0.1, -0.05) is 18.2 Å². The van der Waals surface area contributed by atoms with Crippen LogP contribution in [0.1, 0.15) is 17.0 Å². The van der Waals surface area contributed by atoms with E-state index in [9.17, 15) is 0 Å². The number of rotatable bonds is 6. The maximum absolute atomic E-state index is 6.08. The number of quaternary nitrogens is 1. The molecule has 0 bridgehead atoms. The van der Waals surface area contributed by atoms with E-state index in [1.54, 1.807) is 7.11 Å². The van der Waals surface area contributed by atoms with E-state index in [2.05, 4.69) is 38.7 Å². The van der Waals surface area contributed by atoms with Crippen LogP contribution in [0, 0.1) is 6.92 Å². The minimum Gasteiger partial charge on any atom is -0.496 e. The van der Waals surface area contributed by atoms with Crippen molar-refractivity contribution in [2.75, 3.05) is 28.3 Å². The predicted octanol–water partition coefficient (Wildman–Crippen LogP) is 3.44. The Balaban J connectivity index is 1.91. The lowest BCUT2D eigenvalue weighted by Gasteiger charge is -2.23. The first-order valence-corrected chi connectivity index (χ1v) is 8.41. The first-order valence-electron chi connectivity index (χ1n) is 8.41. The van der Waals surface area contributed by atoms with Crippen LogP contribution in [0.25, 0.3) is 5.65 Å². The molecule has 0 aliphatic heterocycles. The highest BCUT2D eigenvalue weighted by Gasteiger charge is 2.18. The Morgan fingerprint density at radius 1 is 1.04 bits per heavy atom. The summed E-state index contributed by atoms with van der Waals surface area (Å²) >= 11 is 0. The third-order valence-corrected chi connectivity index (χ3v) is 4.11. The smallest absolute Gasteiger partial charge is 0.180 e. The van der Waals surface area contributed by atoms with Crippen molar-refractivity contribution < 1.29 is 14.0 Å². The molecule has 5 nitrogen and oxygen atoms in total. The third-order valence-electron chi connectivity index (χ3n) is 4.11. The van der Waals surface area contributed by atoms with Gasteiger partial charge in [-0.25, -0.2) is 4.98 Å². The van der Waals surface area contributed by atoms with Crippen LogP contribution < -0.4 is 9.47 Å². The van der Waals surface area contributed by atoms with Gasteiger partial charge in [0, 0.05) is 11.8 Å². The van der Waals surface area contributed by atoms with Gasteiger partial charge in [-0.3, -0.25) is 4.40 Å². The fourth-order valence-electron chi connectivity index (χ4n) is 2.94. The van der Waals surface area contributed by atoms with Crippen LogP contribution in [0.15, 0.2) is 42.6 Å². The maximum atomic E-state index is 6.08. The summed E-state index contributed by atoms with van der Waals surface area (Å²) < 4.78 is 14.5. The summed E-state index contributed by atoms with van der Waals surface area (Å²) in [6.45, 7) is 3.41. The molecular weight excluding hydrogens is 314 g/mol. The van der Waals surface area contributed by atoms with E-state index in [0.29, 0.717) is 6.61 Å². The molecule has 1 aromatic carbocycles. The minimum absolute atomic E-state index is 0.445. The molecule has 0 aliphatic carbocycles. The molecule has 25 heavy (non-hydrogen) atoms. The largest absolute Gasteiger partial charge is 0.496 e. The van der Waals surface area contributed by atoms with E-state index in [4.69, 9.17) is 14.5 Å². The summed E-state index contributed by atoms with van der Waals surface area (Å²) in [4.78, 5) is 4.75.